The molecule has 0 aliphatic carbocycles. The van der Waals surface area contributed by atoms with Crippen LogP contribution in [0.3, 0.4) is 0 Å². The van der Waals surface area contributed by atoms with Crippen LogP contribution >= 0.6 is 11.3 Å². The number of hydrogen-bond donors (Lipinski definition) is 2. The average Bonchev–Trinajstić information content (AvgIpc) is 2.76. The van der Waals surface area contributed by atoms with Crippen molar-refractivity contribution in [2.45, 2.75) is 11.8 Å². The summed E-state index contributed by atoms with van der Waals surface area (Å²) in [6.07, 6.45) is 0. The number of nitrogen functional groups attached to an aromatic ring is 1. The van der Waals surface area contributed by atoms with E-state index in [1.54, 1.807) is 0 Å². The van der Waals surface area contributed by atoms with E-state index in [9.17, 15) is 17.6 Å². The van der Waals surface area contributed by atoms with Crippen LogP contribution in [-0.2, 0) is 10.0 Å². The fourth-order valence-electron chi connectivity index (χ4n) is 1.42. The summed E-state index contributed by atoms with van der Waals surface area (Å²) >= 11 is 0.971. The summed E-state index contributed by atoms with van der Waals surface area (Å²) in [5, 5.41) is 1.48. The first-order chi connectivity index (χ1) is 9.29. The highest BCUT2D eigenvalue weighted by Crippen LogP contribution is 2.24. The summed E-state index contributed by atoms with van der Waals surface area (Å²) < 4.78 is 39.3. The third-order valence-corrected chi connectivity index (χ3v) is 4.65. The highest BCUT2D eigenvalue weighted by molar-refractivity contribution is 7.93. The lowest BCUT2D eigenvalue weighted by atomic mass is 10.3. The summed E-state index contributed by atoms with van der Waals surface area (Å²) in [6, 6.07) is 2.97. The van der Waals surface area contributed by atoms with Gasteiger partial charge in [-0.2, -0.15) is 0 Å². The fourth-order valence-corrected chi connectivity index (χ4v) is 3.53. The molecule has 1 aromatic carbocycles. The summed E-state index contributed by atoms with van der Waals surface area (Å²) in [5.41, 5.74) is 5.44. The van der Waals surface area contributed by atoms with Crippen molar-refractivity contribution in [1.29, 1.82) is 0 Å². The molecular weight excluding hydrogens is 305 g/mol. The molecule has 0 aliphatic heterocycles. The Morgan fingerprint density at radius 3 is 2.70 bits per heavy atom. The number of rotatable bonds is 4. The summed E-state index contributed by atoms with van der Waals surface area (Å²) in [7, 11) is -3.98. The number of anilines is 2. The molecule has 0 unspecified atom stereocenters. The van der Waals surface area contributed by atoms with Crippen molar-refractivity contribution in [1.82, 2.24) is 4.98 Å². The summed E-state index contributed by atoms with van der Waals surface area (Å²) in [4.78, 5) is 14.7. The first-order valence-corrected chi connectivity index (χ1v) is 7.70. The molecule has 9 heteroatoms. The number of aromatic nitrogens is 1. The third-order valence-electron chi connectivity index (χ3n) is 2.35. The molecule has 0 saturated carbocycles. The van der Waals surface area contributed by atoms with Crippen LogP contribution in [0.15, 0.2) is 28.5 Å². The van der Waals surface area contributed by atoms with Crippen LogP contribution in [0.1, 0.15) is 17.4 Å². The number of nitrogens with one attached hydrogen (secondary N) is 1. The number of carbonyl (C=O) groups excluding carboxylic acids is 1. The lowest BCUT2D eigenvalue weighted by molar-refractivity contribution is 0.101. The van der Waals surface area contributed by atoms with Crippen molar-refractivity contribution in [3.05, 3.63) is 35.1 Å². The molecule has 106 valence electrons. The quantitative estimate of drug-likeness (QED) is 0.662. The zero-order chi connectivity index (χ0) is 14.9. The van der Waals surface area contributed by atoms with Crippen LogP contribution < -0.4 is 10.5 Å². The van der Waals surface area contributed by atoms with Crippen LogP contribution in [-0.4, -0.2) is 19.2 Å². The van der Waals surface area contributed by atoms with Crippen molar-refractivity contribution in [2.24, 2.45) is 0 Å². The van der Waals surface area contributed by atoms with Crippen molar-refractivity contribution in [3.63, 3.8) is 0 Å². The van der Waals surface area contributed by atoms with Gasteiger partial charge in [0.1, 0.15) is 16.4 Å². The molecule has 0 atom stereocenters. The Balaban J connectivity index is 2.33. The molecule has 0 bridgehead atoms. The van der Waals surface area contributed by atoms with Gasteiger partial charge < -0.3 is 5.73 Å². The highest BCUT2D eigenvalue weighted by atomic mass is 32.2. The number of benzene rings is 1. The van der Waals surface area contributed by atoms with E-state index in [1.807, 2.05) is 0 Å². The molecule has 1 aromatic heterocycles. The standard InChI is InChI=1S/C11H10FN3O3S2/c1-6(16)9-5-19-11(14-9)15-20(17,18)10-3-2-7(12)4-8(10)13/h2-5H,13H2,1H3,(H,14,15). The number of carbonyl (C=O) groups is 1. The lowest BCUT2D eigenvalue weighted by Gasteiger charge is -2.07. The van der Waals surface area contributed by atoms with Gasteiger partial charge in [0.2, 0.25) is 0 Å². The van der Waals surface area contributed by atoms with Crippen molar-refractivity contribution < 1.29 is 17.6 Å². The maximum atomic E-state index is 12.9. The smallest absolute Gasteiger partial charge is 0.265 e. The Kier molecular flexibility index (Phi) is 3.73. The molecule has 0 radical (unpaired) electrons. The number of ketones is 1. The molecule has 1 heterocycles. The van der Waals surface area contributed by atoms with Gasteiger partial charge in [-0.15, -0.1) is 11.3 Å². The van der Waals surface area contributed by atoms with E-state index in [1.165, 1.54) is 12.3 Å². The monoisotopic (exact) mass is 315 g/mol. The molecule has 2 rings (SSSR count). The normalized spacial score (nSPS) is 11.3. The largest absolute Gasteiger partial charge is 0.398 e. The highest BCUT2D eigenvalue weighted by Gasteiger charge is 2.20. The van der Waals surface area contributed by atoms with Gasteiger partial charge in [0, 0.05) is 12.3 Å². The van der Waals surface area contributed by atoms with Crippen molar-refractivity contribution in [3.8, 4) is 0 Å². The van der Waals surface area contributed by atoms with Crippen LogP contribution in [0.25, 0.3) is 0 Å². The summed E-state index contributed by atoms with van der Waals surface area (Å²) in [5.74, 6) is -0.900. The van der Waals surface area contributed by atoms with Gasteiger partial charge in [-0.3, -0.25) is 9.52 Å². The van der Waals surface area contributed by atoms with Gasteiger partial charge in [0.25, 0.3) is 10.0 Å². The minimum absolute atomic E-state index is 0.0407. The van der Waals surface area contributed by atoms with E-state index >= 15 is 0 Å². The Morgan fingerprint density at radius 1 is 1.45 bits per heavy atom. The van der Waals surface area contributed by atoms with Crippen molar-refractivity contribution in [2.75, 3.05) is 10.5 Å². The second-order valence-corrected chi connectivity index (χ2v) is 6.39. The predicted octanol–water partition coefficient (Wildman–Crippen LogP) is 1.87. The molecule has 0 amide bonds. The average molecular weight is 315 g/mol. The molecular formula is C11H10FN3O3S2. The van der Waals surface area contributed by atoms with Gasteiger partial charge in [-0.1, -0.05) is 0 Å². The Labute approximate surface area is 118 Å². The van der Waals surface area contributed by atoms with Gasteiger partial charge in [0.05, 0.1) is 5.69 Å². The van der Waals surface area contributed by atoms with E-state index in [0.717, 1.165) is 29.5 Å². The van der Waals surface area contributed by atoms with E-state index < -0.39 is 15.8 Å². The van der Waals surface area contributed by atoms with Crippen LogP contribution in [0.2, 0.25) is 0 Å². The SMILES string of the molecule is CC(=O)c1csc(NS(=O)(=O)c2ccc(F)cc2N)n1. The number of nitrogens with zero attached hydrogens (tertiary/aromatic N) is 1. The number of hydrogen-bond acceptors (Lipinski definition) is 6. The Bertz CT molecular complexity index is 771. The maximum absolute atomic E-state index is 12.9. The topological polar surface area (TPSA) is 102 Å². The van der Waals surface area contributed by atoms with E-state index in [-0.39, 0.29) is 27.2 Å². The van der Waals surface area contributed by atoms with E-state index in [4.69, 9.17) is 5.73 Å². The Morgan fingerprint density at radius 2 is 2.15 bits per heavy atom. The number of sulfonamides is 1. The number of thiazole rings is 1. The predicted molar refractivity (Wildman–Crippen MR) is 73.7 cm³/mol. The maximum Gasteiger partial charge on any atom is 0.265 e. The minimum atomic E-state index is -3.98. The Hall–Kier alpha value is -2.00. The van der Waals surface area contributed by atoms with Gasteiger partial charge in [0.15, 0.2) is 10.9 Å². The molecule has 3 N–H and O–H groups in total. The first kappa shape index (κ1) is 14.4. The molecule has 2 aromatic rings. The number of halogens is 1. The lowest BCUT2D eigenvalue weighted by Crippen LogP contribution is -2.15. The fraction of sp³-hybridized carbons (Fsp3) is 0.0909. The first-order valence-electron chi connectivity index (χ1n) is 5.34. The van der Waals surface area contributed by atoms with Gasteiger partial charge in [-0.25, -0.2) is 17.8 Å². The second kappa shape index (κ2) is 5.17. The zero-order valence-electron chi connectivity index (χ0n) is 10.3. The second-order valence-electron chi connectivity index (χ2n) is 3.88. The van der Waals surface area contributed by atoms with Gasteiger partial charge in [-0.05, 0) is 18.2 Å². The molecule has 0 fully saturated rings. The molecule has 0 saturated heterocycles. The summed E-state index contributed by atoms with van der Waals surface area (Å²) in [6.45, 7) is 1.32. The zero-order valence-corrected chi connectivity index (χ0v) is 11.9. The van der Waals surface area contributed by atoms with E-state index in [2.05, 4.69) is 9.71 Å². The van der Waals surface area contributed by atoms with Crippen LogP contribution in [0.5, 0.6) is 0 Å². The molecule has 6 nitrogen and oxygen atoms in total. The number of nitrogens with two attached hydrogens (primary N) is 1. The van der Waals surface area contributed by atoms with Gasteiger partial charge >= 0.3 is 0 Å². The minimum Gasteiger partial charge on any atom is -0.398 e. The molecule has 0 aliphatic rings. The molecule has 20 heavy (non-hydrogen) atoms. The van der Waals surface area contributed by atoms with Crippen LogP contribution in [0, 0.1) is 5.82 Å². The van der Waals surface area contributed by atoms with Crippen LogP contribution in [0.4, 0.5) is 15.2 Å². The van der Waals surface area contributed by atoms with Crippen molar-refractivity contribution >= 4 is 38.0 Å². The third kappa shape index (κ3) is 2.94. The van der Waals surface area contributed by atoms with E-state index in [0.29, 0.717) is 0 Å². The number of Topliss-reactive ketones (excluding diaryl/α,β-unsaturated/α-hetero) is 1. The molecule has 0 spiro atoms.